The van der Waals surface area contributed by atoms with Crippen molar-refractivity contribution in [2.45, 2.75) is 13.8 Å². The average Bonchev–Trinajstić information content (AvgIpc) is 3.32. The number of hydrogen-bond donors (Lipinski definition) is 0. The van der Waals surface area contributed by atoms with Gasteiger partial charge in [0.2, 0.25) is 5.91 Å². The van der Waals surface area contributed by atoms with E-state index in [2.05, 4.69) is 47.4 Å². The number of rotatable bonds is 6. The van der Waals surface area contributed by atoms with Crippen molar-refractivity contribution < 1.29 is 13.9 Å². The maximum atomic E-state index is 13.2. The number of benzene rings is 3. The first-order valence-electron chi connectivity index (χ1n) is 12.1. The van der Waals surface area contributed by atoms with Gasteiger partial charge in [-0.05, 0) is 43.2 Å². The second-order valence-electron chi connectivity index (χ2n) is 8.77. The van der Waals surface area contributed by atoms with E-state index < -0.39 is 0 Å². The maximum absolute atomic E-state index is 13.2. The molecule has 1 amide bonds. The molecule has 1 saturated heterocycles. The quantitative estimate of drug-likeness (QED) is 0.315. The van der Waals surface area contributed by atoms with Crippen molar-refractivity contribution in [3.63, 3.8) is 0 Å². The molecule has 1 aliphatic heterocycles. The minimum absolute atomic E-state index is 0.0354. The minimum Gasteiger partial charge on any atom is -0.493 e. The highest BCUT2D eigenvalue weighted by Crippen LogP contribution is 2.37. The fourth-order valence-corrected chi connectivity index (χ4v) is 4.66. The van der Waals surface area contributed by atoms with Crippen LogP contribution in [0.3, 0.4) is 0 Å². The fourth-order valence-electron chi connectivity index (χ4n) is 4.66. The van der Waals surface area contributed by atoms with Crippen molar-refractivity contribution in [3.05, 3.63) is 90.7 Å². The Hall–Kier alpha value is -3.99. The lowest BCUT2D eigenvalue weighted by Gasteiger charge is -2.35. The highest BCUT2D eigenvalue weighted by atomic mass is 16.5. The highest BCUT2D eigenvalue weighted by Gasteiger charge is 2.21. The molecule has 0 bridgehead atoms. The average molecular weight is 467 g/mol. The van der Waals surface area contributed by atoms with Gasteiger partial charge in [-0.1, -0.05) is 48.5 Å². The van der Waals surface area contributed by atoms with E-state index in [1.165, 1.54) is 5.69 Å². The Labute approximate surface area is 206 Å². The van der Waals surface area contributed by atoms with E-state index >= 15 is 0 Å². The molecule has 1 aliphatic rings. The third kappa shape index (κ3) is 4.80. The van der Waals surface area contributed by atoms with Crippen LogP contribution in [0.2, 0.25) is 0 Å². The Morgan fingerprint density at radius 3 is 2.34 bits per heavy atom. The summed E-state index contributed by atoms with van der Waals surface area (Å²) in [5.41, 5.74) is 5.89. The van der Waals surface area contributed by atoms with E-state index in [9.17, 15) is 4.79 Å². The normalized spacial score (nSPS) is 14.4. The van der Waals surface area contributed by atoms with Crippen molar-refractivity contribution in [1.82, 2.24) is 4.90 Å². The van der Waals surface area contributed by atoms with Crippen LogP contribution in [0.1, 0.15) is 19.4 Å². The molecule has 5 heteroatoms. The Bertz CT molecular complexity index is 1330. The lowest BCUT2D eigenvalue weighted by molar-refractivity contribution is -0.126. The Kier molecular flexibility index (Phi) is 6.57. The number of anilines is 1. The molecule has 35 heavy (non-hydrogen) atoms. The number of fused-ring (bicyclic) bond motifs is 1. The van der Waals surface area contributed by atoms with Gasteiger partial charge in [-0.25, -0.2) is 0 Å². The number of carbonyl (C=O) groups excluding carboxylic acids is 1. The van der Waals surface area contributed by atoms with Crippen molar-refractivity contribution >= 4 is 28.1 Å². The molecule has 0 unspecified atom stereocenters. The van der Waals surface area contributed by atoms with Crippen LogP contribution in [0.5, 0.6) is 5.75 Å². The van der Waals surface area contributed by atoms with Gasteiger partial charge in [0, 0.05) is 60.5 Å². The van der Waals surface area contributed by atoms with Crippen LogP contribution in [0.15, 0.2) is 89.6 Å². The van der Waals surface area contributed by atoms with Crippen LogP contribution in [-0.4, -0.2) is 43.6 Å². The molecular weight excluding hydrogens is 436 g/mol. The molecule has 1 aromatic heterocycles. The number of hydrogen-bond acceptors (Lipinski definition) is 4. The molecule has 0 aliphatic carbocycles. The largest absolute Gasteiger partial charge is 0.493 e. The van der Waals surface area contributed by atoms with E-state index in [-0.39, 0.29) is 5.91 Å². The van der Waals surface area contributed by atoms with Crippen molar-refractivity contribution in [2.24, 2.45) is 0 Å². The maximum Gasteiger partial charge on any atom is 0.246 e. The number of ether oxygens (including phenoxy) is 1. The summed E-state index contributed by atoms with van der Waals surface area (Å²) < 4.78 is 11.8. The lowest BCUT2D eigenvalue weighted by Crippen LogP contribution is -2.48. The summed E-state index contributed by atoms with van der Waals surface area (Å²) in [5, 5.41) is 1.01. The summed E-state index contributed by atoms with van der Waals surface area (Å²) in [6.45, 7) is 7.53. The molecule has 0 atom stereocenters. The fraction of sp³-hybridized carbons (Fsp3) is 0.233. The zero-order chi connectivity index (χ0) is 24.2. The smallest absolute Gasteiger partial charge is 0.246 e. The number of para-hydroxylation sites is 1. The molecule has 3 aromatic carbocycles. The highest BCUT2D eigenvalue weighted by molar-refractivity contribution is 6.00. The number of allylic oxidation sites excluding steroid dienone is 1. The summed E-state index contributed by atoms with van der Waals surface area (Å²) in [5.74, 6) is 0.762. The summed E-state index contributed by atoms with van der Waals surface area (Å²) in [4.78, 5) is 17.4. The molecular formula is C30H30N2O3. The Morgan fingerprint density at radius 1 is 0.971 bits per heavy atom. The molecule has 0 N–H and O–H groups in total. The molecule has 5 rings (SSSR count). The summed E-state index contributed by atoms with van der Waals surface area (Å²) in [6.07, 6.45) is 3.53. The molecule has 0 radical (unpaired) electrons. The predicted octanol–water partition coefficient (Wildman–Crippen LogP) is 6.25. The van der Waals surface area contributed by atoms with E-state index in [4.69, 9.17) is 9.15 Å². The molecule has 2 heterocycles. The standard InChI is InChI=1S/C30H30N2O3/c1-3-34-28-20-29-26(27(21-35-29)23-10-6-4-7-11-23)19-25(28)22(2)18-30(33)32-16-14-31(15-17-32)24-12-8-5-9-13-24/h4-13,18-21H,3,14-17H2,1-2H3/b22-18+. The van der Waals surface area contributed by atoms with Crippen LogP contribution in [0, 0.1) is 0 Å². The second kappa shape index (κ2) is 10.1. The summed E-state index contributed by atoms with van der Waals surface area (Å²) >= 11 is 0. The van der Waals surface area contributed by atoms with Gasteiger partial charge in [0.05, 0.1) is 12.9 Å². The van der Waals surface area contributed by atoms with Crippen LogP contribution in [0.25, 0.3) is 27.7 Å². The van der Waals surface area contributed by atoms with Gasteiger partial charge in [0.25, 0.3) is 0 Å². The topological polar surface area (TPSA) is 45.9 Å². The SMILES string of the molecule is CCOc1cc2occ(-c3ccccc3)c2cc1/C(C)=C/C(=O)N1CCN(c2ccccc2)CC1. The number of carbonyl (C=O) groups is 1. The van der Waals surface area contributed by atoms with Gasteiger partial charge in [0.1, 0.15) is 11.3 Å². The molecule has 0 saturated carbocycles. The first-order valence-corrected chi connectivity index (χ1v) is 12.1. The van der Waals surface area contributed by atoms with Gasteiger partial charge >= 0.3 is 0 Å². The molecule has 178 valence electrons. The zero-order valence-corrected chi connectivity index (χ0v) is 20.2. The molecule has 1 fully saturated rings. The van der Waals surface area contributed by atoms with Crippen LogP contribution in [0.4, 0.5) is 5.69 Å². The Balaban J connectivity index is 1.40. The van der Waals surface area contributed by atoms with Crippen molar-refractivity contribution in [1.29, 1.82) is 0 Å². The molecule has 5 nitrogen and oxygen atoms in total. The van der Waals surface area contributed by atoms with E-state index in [1.54, 1.807) is 12.3 Å². The van der Waals surface area contributed by atoms with Crippen LogP contribution in [-0.2, 0) is 4.79 Å². The van der Waals surface area contributed by atoms with Gasteiger partial charge in [0.15, 0.2) is 0 Å². The van der Waals surface area contributed by atoms with Crippen LogP contribution >= 0.6 is 0 Å². The van der Waals surface area contributed by atoms with E-state index in [1.807, 2.05) is 49.1 Å². The van der Waals surface area contributed by atoms with Crippen molar-refractivity contribution in [3.8, 4) is 16.9 Å². The molecule has 0 spiro atoms. The van der Waals surface area contributed by atoms with Crippen molar-refractivity contribution in [2.75, 3.05) is 37.7 Å². The van der Waals surface area contributed by atoms with Gasteiger partial charge < -0.3 is 19.0 Å². The number of furan rings is 1. The predicted molar refractivity (Wildman–Crippen MR) is 142 cm³/mol. The van der Waals surface area contributed by atoms with E-state index in [0.717, 1.165) is 52.1 Å². The first kappa shape index (κ1) is 22.8. The van der Waals surface area contributed by atoms with Gasteiger partial charge in [-0.2, -0.15) is 0 Å². The monoisotopic (exact) mass is 466 g/mol. The number of amides is 1. The lowest BCUT2D eigenvalue weighted by atomic mass is 9.99. The second-order valence-corrected chi connectivity index (χ2v) is 8.77. The zero-order valence-electron chi connectivity index (χ0n) is 20.2. The third-order valence-electron chi connectivity index (χ3n) is 6.54. The van der Waals surface area contributed by atoms with E-state index in [0.29, 0.717) is 19.7 Å². The number of piperazine rings is 1. The summed E-state index contributed by atoms with van der Waals surface area (Å²) in [6, 6.07) is 24.6. The van der Waals surface area contributed by atoms with Gasteiger partial charge in [-0.3, -0.25) is 4.79 Å². The first-order chi connectivity index (χ1) is 17.1. The van der Waals surface area contributed by atoms with Crippen LogP contribution < -0.4 is 9.64 Å². The van der Waals surface area contributed by atoms with Gasteiger partial charge in [-0.15, -0.1) is 0 Å². The Morgan fingerprint density at radius 2 is 1.66 bits per heavy atom. The summed E-state index contributed by atoms with van der Waals surface area (Å²) in [7, 11) is 0. The third-order valence-corrected chi connectivity index (χ3v) is 6.54. The molecule has 4 aromatic rings. The number of nitrogens with zero attached hydrogens (tertiary/aromatic N) is 2. The minimum atomic E-state index is 0.0354.